The Morgan fingerprint density at radius 1 is 0.800 bits per heavy atom. The molecule has 0 saturated carbocycles. The van der Waals surface area contributed by atoms with Crippen LogP contribution in [0.3, 0.4) is 0 Å². The molecule has 40 heavy (non-hydrogen) atoms. The summed E-state index contributed by atoms with van der Waals surface area (Å²) in [6.45, 7) is 5.33. The van der Waals surface area contributed by atoms with E-state index in [1.165, 1.54) is 12.1 Å². The average Bonchev–Trinajstić information content (AvgIpc) is 2.96. The predicted octanol–water partition coefficient (Wildman–Crippen LogP) is 6.01. The van der Waals surface area contributed by atoms with Gasteiger partial charge in [-0.05, 0) is 49.2 Å². The Morgan fingerprint density at radius 3 is 2.15 bits per heavy atom. The van der Waals surface area contributed by atoms with Crippen LogP contribution < -0.4 is 9.64 Å². The first-order chi connectivity index (χ1) is 19.0. The summed E-state index contributed by atoms with van der Waals surface area (Å²) in [5, 5.41) is 0. The molecule has 1 fully saturated rings. The molecule has 0 aromatic heterocycles. The Hall–Kier alpha value is -4.27. The van der Waals surface area contributed by atoms with Crippen LogP contribution in [0.1, 0.15) is 35.3 Å². The van der Waals surface area contributed by atoms with E-state index in [1.54, 1.807) is 14.7 Å². The Bertz CT molecular complexity index is 1430. The number of carbonyl (C=O) groups is 2. The van der Waals surface area contributed by atoms with Crippen molar-refractivity contribution < 1.29 is 27.5 Å². The van der Waals surface area contributed by atoms with Gasteiger partial charge in [-0.3, -0.25) is 9.59 Å². The number of piperazine rings is 1. The van der Waals surface area contributed by atoms with Gasteiger partial charge < -0.3 is 19.4 Å². The summed E-state index contributed by atoms with van der Waals surface area (Å²) in [4.78, 5) is 31.7. The summed E-state index contributed by atoms with van der Waals surface area (Å²) < 4.78 is 44.7. The normalized spacial score (nSPS) is 15.6. The first-order valence-electron chi connectivity index (χ1n) is 13.1. The summed E-state index contributed by atoms with van der Waals surface area (Å²) in [5.74, 6) is -0.888. The number of ether oxygens (including phenoxy) is 1. The largest absolute Gasteiger partial charge is 0.573 e. The van der Waals surface area contributed by atoms with Crippen molar-refractivity contribution in [2.75, 3.05) is 37.6 Å². The van der Waals surface area contributed by atoms with Crippen LogP contribution in [-0.4, -0.2) is 60.7 Å². The van der Waals surface area contributed by atoms with Gasteiger partial charge >= 0.3 is 6.36 Å². The van der Waals surface area contributed by atoms with E-state index >= 15 is 0 Å². The van der Waals surface area contributed by atoms with E-state index in [4.69, 9.17) is 0 Å². The molecule has 3 aromatic rings. The van der Waals surface area contributed by atoms with E-state index in [1.807, 2.05) is 80.6 Å². The number of anilines is 2. The molecular weight excluding hydrogens is 519 g/mol. The molecule has 0 atom stereocenters. The molecule has 0 bridgehead atoms. The molecule has 3 aromatic carbocycles. The van der Waals surface area contributed by atoms with Crippen molar-refractivity contribution in [1.29, 1.82) is 0 Å². The molecule has 0 spiro atoms. The average molecular weight is 550 g/mol. The van der Waals surface area contributed by atoms with Gasteiger partial charge in [0, 0.05) is 44.0 Å². The van der Waals surface area contributed by atoms with Crippen molar-refractivity contribution in [2.24, 2.45) is 0 Å². The second-order valence-corrected chi connectivity index (χ2v) is 10.4. The third kappa shape index (κ3) is 5.54. The van der Waals surface area contributed by atoms with Crippen molar-refractivity contribution in [3.63, 3.8) is 0 Å². The fourth-order valence-corrected chi connectivity index (χ4v) is 5.23. The molecule has 2 aliphatic heterocycles. The maximum absolute atomic E-state index is 13.4. The fourth-order valence-electron chi connectivity index (χ4n) is 5.23. The Morgan fingerprint density at radius 2 is 1.45 bits per heavy atom. The second kappa shape index (κ2) is 10.7. The lowest BCUT2D eigenvalue weighted by atomic mass is 9.83. The third-order valence-electron chi connectivity index (χ3n) is 7.42. The Kier molecular flexibility index (Phi) is 7.31. The molecule has 2 heterocycles. The lowest BCUT2D eigenvalue weighted by Crippen LogP contribution is -2.54. The van der Waals surface area contributed by atoms with E-state index in [-0.39, 0.29) is 30.2 Å². The van der Waals surface area contributed by atoms with Gasteiger partial charge in [0.15, 0.2) is 5.75 Å². The quantitative estimate of drug-likeness (QED) is 0.391. The third-order valence-corrected chi connectivity index (χ3v) is 7.42. The van der Waals surface area contributed by atoms with Crippen molar-refractivity contribution >= 4 is 29.3 Å². The summed E-state index contributed by atoms with van der Waals surface area (Å²) in [5.41, 5.74) is 2.10. The van der Waals surface area contributed by atoms with Crippen LogP contribution in [0.2, 0.25) is 0 Å². The van der Waals surface area contributed by atoms with Crippen LogP contribution >= 0.6 is 0 Å². The van der Waals surface area contributed by atoms with Gasteiger partial charge in [0.2, 0.25) is 5.91 Å². The van der Waals surface area contributed by atoms with Gasteiger partial charge in [-0.15, -0.1) is 13.2 Å². The van der Waals surface area contributed by atoms with Crippen LogP contribution in [0, 0.1) is 0 Å². The number of halogens is 3. The zero-order valence-electron chi connectivity index (χ0n) is 22.3. The van der Waals surface area contributed by atoms with Gasteiger partial charge in [0.05, 0.1) is 11.1 Å². The number of carbonyl (C=O) groups excluding carboxylic acids is 2. The van der Waals surface area contributed by atoms with Gasteiger partial charge in [-0.1, -0.05) is 60.7 Å². The monoisotopic (exact) mass is 549 g/mol. The second-order valence-electron chi connectivity index (χ2n) is 10.4. The lowest BCUT2D eigenvalue weighted by Gasteiger charge is -2.39. The van der Waals surface area contributed by atoms with E-state index in [0.29, 0.717) is 19.6 Å². The zero-order chi connectivity index (χ0) is 28.5. The maximum Gasteiger partial charge on any atom is 0.573 e. The summed E-state index contributed by atoms with van der Waals surface area (Å²) in [6, 6.07) is 21.1. The molecule has 2 aliphatic rings. The number of para-hydroxylation sites is 1. The maximum atomic E-state index is 13.4. The van der Waals surface area contributed by atoms with Gasteiger partial charge in [-0.2, -0.15) is 0 Å². The van der Waals surface area contributed by atoms with E-state index in [0.717, 1.165) is 22.9 Å². The topological polar surface area (TPSA) is 53.1 Å². The minimum absolute atomic E-state index is 0.0353. The first kappa shape index (κ1) is 27.3. The Balaban J connectivity index is 1.34. The first-order valence-corrected chi connectivity index (χ1v) is 13.1. The van der Waals surface area contributed by atoms with Gasteiger partial charge in [0.25, 0.3) is 5.91 Å². The molecule has 9 heteroatoms. The van der Waals surface area contributed by atoms with Crippen LogP contribution in [0.5, 0.6) is 5.75 Å². The van der Waals surface area contributed by atoms with Crippen LogP contribution in [0.25, 0.3) is 6.08 Å². The van der Waals surface area contributed by atoms with Crippen molar-refractivity contribution in [1.82, 2.24) is 9.80 Å². The van der Waals surface area contributed by atoms with Crippen LogP contribution in [0.4, 0.5) is 24.5 Å². The SMILES string of the molecule is CC(C)(C(=O)N1CCN(C(=O)c2ccc(N3CC=Cc4ccccc43)c(OC(F)(F)F)c2)CC1)c1ccccc1. The van der Waals surface area contributed by atoms with Gasteiger partial charge in [0.1, 0.15) is 0 Å². The highest BCUT2D eigenvalue weighted by Crippen LogP contribution is 2.40. The highest BCUT2D eigenvalue weighted by Gasteiger charge is 2.37. The molecule has 5 rings (SSSR count). The van der Waals surface area contributed by atoms with Crippen molar-refractivity contribution in [2.45, 2.75) is 25.6 Å². The van der Waals surface area contributed by atoms with Crippen molar-refractivity contribution in [3.8, 4) is 5.75 Å². The minimum atomic E-state index is -4.93. The molecular formula is C31H30F3N3O3. The number of hydrogen-bond acceptors (Lipinski definition) is 4. The summed E-state index contributed by atoms with van der Waals surface area (Å²) >= 11 is 0. The highest BCUT2D eigenvalue weighted by atomic mass is 19.4. The number of rotatable bonds is 5. The zero-order valence-corrected chi connectivity index (χ0v) is 22.3. The summed E-state index contributed by atoms with van der Waals surface area (Å²) in [6.07, 6.45) is -1.16. The number of hydrogen-bond donors (Lipinski definition) is 0. The standard InChI is InChI=1S/C31H30F3N3O3/c1-30(2,24-11-4-3-5-12-24)29(39)36-19-17-35(18-20-36)28(38)23-14-15-26(27(21-23)40-31(32,33)34)37-16-8-10-22-9-6-7-13-25(22)37/h3-15,21H,16-20H2,1-2H3. The number of nitrogens with zero attached hydrogens (tertiary/aromatic N) is 3. The lowest BCUT2D eigenvalue weighted by molar-refractivity contribution is -0.274. The molecule has 0 unspecified atom stereocenters. The Labute approximate surface area is 231 Å². The molecule has 1 saturated heterocycles. The molecule has 2 amide bonds. The number of amides is 2. The van der Waals surface area contributed by atoms with Crippen LogP contribution in [-0.2, 0) is 10.2 Å². The fraction of sp³-hybridized carbons (Fsp3) is 0.290. The molecule has 208 valence electrons. The molecule has 0 N–H and O–H groups in total. The van der Waals surface area contributed by atoms with Gasteiger partial charge in [-0.25, -0.2) is 0 Å². The minimum Gasteiger partial charge on any atom is -0.404 e. The smallest absolute Gasteiger partial charge is 0.404 e. The predicted molar refractivity (Wildman–Crippen MR) is 148 cm³/mol. The molecule has 0 radical (unpaired) electrons. The van der Waals surface area contributed by atoms with Crippen molar-refractivity contribution in [3.05, 3.63) is 95.6 Å². The number of fused-ring (bicyclic) bond motifs is 1. The van der Waals surface area contributed by atoms with E-state index in [9.17, 15) is 22.8 Å². The number of alkyl halides is 3. The number of benzene rings is 3. The van der Waals surface area contributed by atoms with E-state index in [2.05, 4.69) is 4.74 Å². The van der Waals surface area contributed by atoms with Crippen LogP contribution in [0.15, 0.2) is 78.9 Å². The molecule has 0 aliphatic carbocycles. The summed E-state index contributed by atoms with van der Waals surface area (Å²) in [7, 11) is 0. The molecule has 6 nitrogen and oxygen atoms in total. The highest BCUT2D eigenvalue weighted by molar-refractivity contribution is 5.96. The van der Waals surface area contributed by atoms with E-state index < -0.39 is 23.4 Å².